The molecule has 0 radical (unpaired) electrons. The Hall–Kier alpha value is -3.06. The van der Waals surface area contributed by atoms with E-state index in [1.54, 1.807) is 6.20 Å². The SMILES string of the molecule is Cc1nc(-c2ccccn2)sc1C(=O)Nc1ccc2oc(C(C)(C)C)nc2c1. The molecule has 0 spiro atoms. The van der Waals surface area contributed by atoms with Crippen LogP contribution in [0.2, 0.25) is 0 Å². The number of nitrogens with one attached hydrogen (secondary N) is 1. The molecule has 142 valence electrons. The van der Waals surface area contributed by atoms with Gasteiger partial charge in [0.05, 0.1) is 11.4 Å². The summed E-state index contributed by atoms with van der Waals surface area (Å²) in [7, 11) is 0. The number of anilines is 1. The molecule has 1 amide bonds. The van der Waals surface area contributed by atoms with Gasteiger partial charge in [0.1, 0.15) is 15.4 Å². The van der Waals surface area contributed by atoms with Crippen molar-refractivity contribution in [3.8, 4) is 10.7 Å². The molecular weight excluding hydrogens is 372 g/mol. The summed E-state index contributed by atoms with van der Waals surface area (Å²) in [5.74, 6) is 0.473. The average Bonchev–Trinajstić information content (AvgIpc) is 3.25. The second-order valence-electron chi connectivity index (χ2n) is 7.55. The standard InChI is InChI=1S/C21H20N4O2S/c1-12-17(28-19(23-12)14-7-5-6-10-22-14)18(26)24-13-8-9-16-15(11-13)25-20(27-16)21(2,3)4/h5-11H,1-4H3,(H,24,26). The molecule has 0 saturated carbocycles. The first kappa shape index (κ1) is 18.3. The molecular formula is C21H20N4O2S. The number of amides is 1. The number of pyridine rings is 1. The van der Waals surface area contributed by atoms with Crippen molar-refractivity contribution in [2.75, 3.05) is 5.32 Å². The summed E-state index contributed by atoms with van der Waals surface area (Å²) in [5, 5.41) is 3.66. The Balaban J connectivity index is 1.59. The predicted molar refractivity (Wildman–Crippen MR) is 111 cm³/mol. The van der Waals surface area contributed by atoms with Crippen LogP contribution < -0.4 is 5.32 Å². The number of aromatic nitrogens is 3. The number of hydrogen-bond acceptors (Lipinski definition) is 6. The van der Waals surface area contributed by atoms with Crippen molar-refractivity contribution in [2.45, 2.75) is 33.1 Å². The topological polar surface area (TPSA) is 80.9 Å². The summed E-state index contributed by atoms with van der Waals surface area (Å²) >= 11 is 1.33. The smallest absolute Gasteiger partial charge is 0.267 e. The fourth-order valence-electron chi connectivity index (χ4n) is 2.72. The van der Waals surface area contributed by atoms with E-state index in [0.717, 1.165) is 16.2 Å². The Morgan fingerprint density at radius 2 is 1.96 bits per heavy atom. The summed E-state index contributed by atoms with van der Waals surface area (Å²) in [4.78, 5) is 26.7. The molecule has 3 heterocycles. The molecule has 0 unspecified atom stereocenters. The molecule has 4 aromatic rings. The number of nitrogens with zero attached hydrogens (tertiary/aromatic N) is 3. The minimum atomic E-state index is -0.198. The number of rotatable bonds is 3. The van der Waals surface area contributed by atoms with Gasteiger partial charge in [-0.25, -0.2) is 9.97 Å². The van der Waals surface area contributed by atoms with E-state index in [9.17, 15) is 4.79 Å². The lowest BCUT2D eigenvalue weighted by molar-refractivity contribution is 0.103. The van der Waals surface area contributed by atoms with E-state index in [1.165, 1.54) is 11.3 Å². The highest BCUT2D eigenvalue weighted by Crippen LogP contribution is 2.29. The van der Waals surface area contributed by atoms with Gasteiger partial charge in [-0.3, -0.25) is 9.78 Å². The van der Waals surface area contributed by atoms with Crippen LogP contribution in [0, 0.1) is 6.92 Å². The monoisotopic (exact) mass is 392 g/mol. The van der Waals surface area contributed by atoms with Crippen LogP contribution >= 0.6 is 11.3 Å². The van der Waals surface area contributed by atoms with Gasteiger partial charge in [0.2, 0.25) is 5.89 Å². The van der Waals surface area contributed by atoms with Crippen molar-refractivity contribution in [2.24, 2.45) is 0 Å². The molecule has 28 heavy (non-hydrogen) atoms. The zero-order valence-electron chi connectivity index (χ0n) is 16.1. The molecule has 0 atom stereocenters. The summed E-state index contributed by atoms with van der Waals surface area (Å²) in [6.45, 7) is 7.97. The van der Waals surface area contributed by atoms with Crippen LogP contribution in [-0.4, -0.2) is 20.9 Å². The lowest BCUT2D eigenvalue weighted by atomic mass is 9.97. The van der Waals surface area contributed by atoms with Gasteiger partial charge in [-0.15, -0.1) is 11.3 Å². The van der Waals surface area contributed by atoms with Gasteiger partial charge in [0.25, 0.3) is 5.91 Å². The number of fused-ring (bicyclic) bond motifs is 1. The zero-order chi connectivity index (χ0) is 19.9. The van der Waals surface area contributed by atoms with E-state index < -0.39 is 0 Å². The second kappa shape index (κ2) is 6.83. The van der Waals surface area contributed by atoms with E-state index in [0.29, 0.717) is 27.7 Å². The Bertz CT molecular complexity index is 1160. The molecule has 0 bridgehead atoms. The second-order valence-corrected chi connectivity index (χ2v) is 8.55. The Labute approximate surface area is 166 Å². The van der Waals surface area contributed by atoms with Gasteiger partial charge in [-0.1, -0.05) is 26.8 Å². The fraction of sp³-hybridized carbons (Fsp3) is 0.238. The molecule has 0 aliphatic heterocycles. The van der Waals surface area contributed by atoms with Crippen LogP contribution in [0.1, 0.15) is 42.0 Å². The normalized spacial score (nSPS) is 11.7. The highest BCUT2D eigenvalue weighted by Gasteiger charge is 2.21. The van der Waals surface area contributed by atoms with Crippen LogP contribution in [0.3, 0.4) is 0 Å². The van der Waals surface area contributed by atoms with E-state index in [-0.39, 0.29) is 11.3 Å². The van der Waals surface area contributed by atoms with Crippen LogP contribution in [0.15, 0.2) is 47.0 Å². The first-order valence-electron chi connectivity index (χ1n) is 8.92. The van der Waals surface area contributed by atoms with Crippen molar-refractivity contribution < 1.29 is 9.21 Å². The summed E-state index contributed by atoms with van der Waals surface area (Å²) in [6, 6.07) is 11.1. The van der Waals surface area contributed by atoms with Crippen molar-refractivity contribution >= 4 is 34.0 Å². The van der Waals surface area contributed by atoms with Crippen LogP contribution in [0.5, 0.6) is 0 Å². The fourth-order valence-corrected chi connectivity index (χ4v) is 3.66. The van der Waals surface area contributed by atoms with Crippen LogP contribution in [0.25, 0.3) is 21.8 Å². The Morgan fingerprint density at radius 1 is 1.14 bits per heavy atom. The quantitative estimate of drug-likeness (QED) is 0.518. The molecule has 0 aliphatic carbocycles. The van der Waals surface area contributed by atoms with Gasteiger partial charge < -0.3 is 9.73 Å². The van der Waals surface area contributed by atoms with Crippen LogP contribution in [0.4, 0.5) is 5.69 Å². The molecule has 4 rings (SSSR count). The Morgan fingerprint density at radius 3 is 2.68 bits per heavy atom. The van der Waals surface area contributed by atoms with E-state index in [2.05, 4.69) is 20.3 Å². The number of hydrogen-bond donors (Lipinski definition) is 1. The van der Waals surface area contributed by atoms with Crippen LogP contribution in [-0.2, 0) is 5.41 Å². The first-order chi connectivity index (χ1) is 13.3. The van der Waals surface area contributed by atoms with Gasteiger partial charge in [0, 0.05) is 17.3 Å². The van der Waals surface area contributed by atoms with Crippen molar-refractivity contribution in [3.05, 3.63) is 59.1 Å². The maximum Gasteiger partial charge on any atom is 0.267 e. The van der Waals surface area contributed by atoms with Crippen molar-refractivity contribution in [1.29, 1.82) is 0 Å². The molecule has 1 aromatic carbocycles. The van der Waals surface area contributed by atoms with E-state index in [4.69, 9.17) is 4.42 Å². The zero-order valence-corrected chi connectivity index (χ0v) is 16.9. The third-order valence-electron chi connectivity index (χ3n) is 4.17. The summed E-state index contributed by atoms with van der Waals surface area (Å²) < 4.78 is 5.81. The van der Waals surface area contributed by atoms with E-state index in [1.807, 2.05) is 64.1 Å². The molecule has 1 N–H and O–H groups in total. The largest absolute Gasteiger partial charge is 0.440 e. The van der Waals surface area contributed by atoms with Gasteiger partial charge in [-0.05, 0) is 37.3 Å². The summed E-state index contributed by atoms with van der Waals surface area (Å²) in [6.07, 6.45) is 1.71. The van der Waals surface area contributed by atoms with Crippen molar-refractivity contribution in [1.82, 2.24) is 15.0 Å². The number of carbonyl (C=O) groups excluding carboxylic acids is 1. The van der Waals surface area contributed by atoms with Gasteiger partial charge in [0.15, 0.2) is 5.58 Å². The maximum absolute atomic E-state index is 12.8. The molecule has 0 aliphatic rings. The minimum absolute atomic E-state index is 0.177. The minimum Gasteiger partial charge on any atom is -0.440 e. The highest BCUT2D eigenvalue weighted by atomic mass is 32.1. The van der Waals surface area contributed by atoms with Crippen molar-refractivity contribution in [3.63, 3.8) is 0 Å². The molecule has 6 nitrogen and oxygen atoms in total. The number of oxazole rings is 1. The van der Waals surface area contributed by atoms with E-state index >= 15 is 0 Å². The maximum atomic E-state index is 12.8. The lowest BCUT2D eigenvalue weighted by Crippen LogP contribution is -2.11. The summed E-state index contributed by atoms with van der Waals surface area (Å²) in [5.41, 5.74) is 3.35. The molecule has 0 saturated heterocycles. The molecule has 7 heteroatoms. The highest BCUT2D eigenvalue weighted by molar-refractivity contribution is 7.17. The number of carbonyl (C=O) groups is 1. The lowest BCUT2D eigenvalue weighted by Gasteiger charge is -2.11. The van der Waals surface area contributed by atoms with Gasteiger partial charge >= 0.3 is 0 Å². The molecule has 3 aromatic heterocycles. The number of aryl methyl sites for hydroxylation is 1. The molecule has 0 fully saturated rings. The van der Waals surface area contributed by atoms with Gasteiger partial charge in [-0.2, -0.15) is 0 Å². The number of benzene rings is 1. The Kier molecular flexibility index (Phi) is 4.47. The third kappa shape index (κ3) is 3.53. The average molecular weight is 392 g/mol. The predicted octanol–water partition coefficient (Wildman–Crippen LogP) is 5.20. The first-order valence-corrected chi connectivity index (χ1v) is 9.74. The number of thiazole rings is 1. The third-order valence-corrected chi connectivity index (χ3v) is 5.35.